The summed E-state index contributed by atoms with van der Waals surface area (Å²) < 4.78 is 2.22. The molecule has 0 spiro atoms. The van der Waals surface area contributed by atoms with Gasteiger partial charge in [0.2, 0.25) is 0 Å². The molecule has 2 aromatic carbocycles. The Kier molecular flexibility index (Phi) is 4.84. The molecule has 1 atom stereocenters. The maximum absolute atomic E-state index is 3.50. The fourth-order valence-corrected chi connectivity index (χ4v) is 2.55. The predicted octanol–water partition coefficient (Wildman–Crippen LogP) is 5.25. The minimum atomic E-state index is 0.403. The molecule has 94 valence electrons. The summed E-state index contributed by atoms with van der Waals surface area (Å²) in [5.74, 6) is 0. The molecule has 3 heteroatoms. The third-order valence-electron chi connectivity index (χ3n) is 2.69. The van der Waals surface area contributed by atoms with Crippen molar-refractivity contribution in [1.82, 2.24) is 0 Å². The molecule has 0 fully saturated rings. The Bertz CT molecular complexity index is 508. The quantitative estimate of drug-likeness (QED) is 0.776. The average molecular weight is 369 g/mol. The molecule has 0 saturated carbocycles. The van der Waals surface area contributed by atoms with Crippen LogP contribution in [0.4, 0.5) is 5.69 Å². The molecule has 1 N–H and O–H groups in total. The van der Waals surface area contributed by atoms with Crippen LogP contribution in [0.5, 0.6) is 0 Å². The highest BCUT2D eigenvalue weighted by molar-refractivity contribution is 9.10. The van der Waals surface area contributed by atoms with Crippen molar-refractivity contribution < 1.29 is 0 Å². The standard InChI is InChI=1S/C15H15Br2N/c1-11(9-12-5-7-13(16)8-6-12)18-15-4-2-3-14(17)10-15/h2-8,10-11,18H,9H2,1H3. The summed E-state index contributed by atoms with van der Waals surface area (Å²) in [6.07, 6.45) is 1.01. The van der Waals surface area contributed by atoms with Gasteiger partial charge < -0.3 is 5.32 Å². The SMILES string of the molecule is CC(Cc1ccc(Br)cc1)Nc1cccc(Br)c1. The van der Waals surface area contributed by atoms with Gasteiger partial charge in [-0.05, 0) is 49.2 Å². The van der Waals surface area contributed by atoms with E-state index in [1.165, 1.54) is 5.56 Å². The lowest BCUT2D eigenvalue weighted by Gasteiger charge is -2.15. The summed E-state index contributed by atoms with van der Waals surface area (Å²) in [5.41, 5.74) is 2.49. The smallest absolute Gasteiger partial charge is 0.0353 e. The van der Waals surface area contributed by atoms with Crippen molar-refractivity contribution in [3.8, 4) is 0 Å². The fourth-order valence-electron chi connectivity index (χ4n) is 1.89. The molecule has 0 amide bonds. The highest BCUT2D eigenvalue weighted by Gasteiger charge is 2.04. The maximum atomic E-state index is 3.50. The Morgan fingerprint density at radius 2 is 1.72 bits per heavy atom. The van der Waals surface area contributed by atoms with Gasteiger partial charge in [-0.25, -0.2) is 0 Å². The summed E-state index contributed by atoms with van der Waals surface area (Å²) in [4.78, 5) is 0. The molecule has 0 aliphatic rings. The molecular weight excluding hydrogens is 354 g/mol. The second-order valence-electron chi connectivity index (χ2n) is 4.39. The van der Waals surface area contributed by atoms with Gasteiger partial charge in [-0.1, -0.05) is 50.1 Å². The zero-order valence-electron chi connectivity index (χ0n) is 10.2. The number of rotatable bonds is 4. The van der Waals surface area contributed by atoms with Crippen molar-refractivity contribution in [1.29, 1.82) is 0 Å². The highest BCUT2D eigenvalue weighted by Crippen LogP contribution is 2.18. The summed E-state index contributed by atoms with van der Waals surface area (Å²) >= 11 is 6.93. The molecule has 0 bridgehead atoms. The predicted molar refractivity (Wildman–Crippen MR) is 85.1 cm³/mol. The highest BCUT2D eigenvalue weighted by atomic mass is 79.9. The van der Waals surface area contributed by atoms with Crippen LogP contribution >= 0.6 is 31.9 Å². The van der Waals surface area contributed by atoms with Crippen LogP contribution in [-0.4, -0.2) is 6.04 Å². The summed E-state index contributed by atoms with van der Waals surface area (Å²) in [7, 11) is 0. The Labute approximate surface area is 125 Å². The van der Waals surface area contributed by atoms with Crippen molar-refractivity contribution in [3.63, 3.8) is 0 Å². The Morgan fingerprint density at radius 1 is 1.00 bits per heavy atom. The molecule has 2 rings (SSSR count). The molecule has 1 unspecified atom stereocenters. The molecule has 18 heavy (non-hydrogen) atoms. The Hall–Kier alpha value is -0.800. The van der Waals surface area contributed by atoms with Crippen molar-refractivity contribution in [2.24, 2.45) is 0 Å². The van der Waals surface area contributed by atoms with Crippen LogP contribution in [0.3, 0.4) is 0 Å². The van der Waals surface area contributed by atoms with E-state index >= 15 is 0 Å². The van der Waals surface area contributed by atoms with Gasteiger partial charge in [-0.15, -0.1) is 0 Å². The van der Waals surface area contributed by atoms with Crippen LogP contribution in [0.2, 0.25) is 0 Å². The van der Waals surface area contributed by atoms with Gasteiger partial charge in [-0.3, -0.25) is 0 Å². The zero-order chi connectivity index (χ0) is 13.0. The normalized spacial score (nSPS) is 12.2. The summed E-state index contributed by atoms with van der Waals surface area (Å²) in [5, 5.41) is 3.50. The Balaban J connectivity index is 1.96. The number of nitrogens with one attached hydrogen (secondary N) is 1. The van der Waals surface area contributed by atoms with Gasteiger partial charge >= 0.3 is 0 Å². The van der Waals surface area contributed by atoms with E-state index < -0.39 is 0 Å². The van der Waals surface area contributed by atoms with Crippen LogP contribution in [-0.2, 0) is 6.42 Å². The van der Waals surface area contributed by atoms with E-state index in [1.807, 2.05) is 12.1 Å². The lowest BCUT2D eigenvalue weighted by atomic mass is 10.1. The molecule has 0 heterocycles. The second-order valence-corrected chi connectivity index (χ2v) is 6.22. The van der Waals surface area contributed by atoms with Gasteiger partial charge in [0.1, 0.15) is 0 Å². The third-order valence-corrected chi connectivity index (χ3v) is 3.71. The van der Waals surface area contributed by atoms with Gasteiger partial charge in [-0.2, -0.15) is 0 Å². The zero-order valence-corrected chi connectivity index (χ0v) is 13.3. The number of halogens is 2. The van der Waals surface area contributed by atoms with E-state index in [4.69, 9.17) is 0 Å². The van der Waals surface area contributed by atoms with E-state index in [-0.39, 0.29) is 0 Å². The monoisotopic (exact) mass is 367 g/mol. The van der Waals surface area contributed by atoms with Gasteiger partial charge in [0.25, 0.3) is 0 Å². The van der Waals surface area contributed by atoms with Crippen molar-refractivity contribution in [2.75, 3.05) is 5.32 Å². The van der Waals surface area contributed by atoms with E-state index in [9.17, 15) is 0 Å². The second kappa shape index (κ2) is 6.39. The van der Waals surface area contributed by atoms with Crippen LogP contribution in [0, 0.1) is 0 Å². The first-order valence-electron chi connectivity index (χ1n) is 5.90. The first kappa shape index (κ1) is 13.6. The Morgan fingerprint density at radius 3 is 2.39 bits per heavy atom. The van der Waals surface area contributed by atoms with Crippen LogP contribution in [0.25, 0.3) is 0 Å². The van der Waals surface area contributed by atoms with Gasteiger partial charge in [0.05, 0.1) is 0 Å². The minimum absolute atomic E-state index is 0.403. The first-order valence-corrected chi connectivity index (χ1v) is 7.48. The topological polar surface area (TPSA) is 12.0 Å². The molecule has 0 aromatic heterocycles. The van der Waals surface area contributed by atoms with Crippen molar-refractivity contribution in [3.05, 3.63) is 63.0 Å². The van der Waals surface area contributed by atoms with Gasteiger partial charge in [0.15, 0.2) is 0 Å². The van der Waals surface area contributed by atoms with E-state index in [0.29, 0.717) is 6.04 Å². The van der Waals surface area contributed by atoms with Crippen molar-refractivity contribution in [2.45, 2.75) is 19.4 Å². The summed E-state index contributed by atoms with van der Waals surface area (Å²) in [6.45, 7) is 2.20. The molecule has 1 nitrogen and oxygen atoms in total. The van der Waals surface area contributed by atoms with E-state index in [2.05, 4.69) is 80.5 Å². The van der Waals surface area contributed by atoms with Crippen LogP contribution < -0.4 is 5.32 Å². The van der Waals surface area contributed by atoms with Crippen LogP contribution in [0.15, 0.2) is 57.5 Å². The lowest BCUT2D eigenvalue weighted by molar-refractivity contribution is 0.790. The van der Waals surface area contributed by atoms with E-state index in [0.717, 1.165) is 21.1 Å². The summed E-state index contributed by atoms with van der Waals surface area (Å²) in [6, 6.07) is 17.1. The average Bonchev–Trinajstić information content (AvgIpc) is 2.32. The first-order chi connectivity index (χ1) is 8.63. The molecular formula is C15H15Br2N. The van der Waals surface area contributed by atoms with E-state index in [1.54, 1.807) is 0 Å². The fraction of sp³-hybridized carbons (Fsp3) is 0.200. The van der Waals surface area contributed by atoms with Crippen LogP contribution in [0.1, 0.15) is 12.5 Å². The maximum Gasteiger partial charge on any atom is 0.0353 e. The third kappa shape index (κ3) is 4.14. The molecule has 0 radical (unpaired) electrons. The number of hydrogen-bond acceptors (Lipinski definition) is 1. The number of benzene rings is 2. The molecule has 2 aromatic rings. The largest absolute Gasteiger partial charge is 0.382 e. The van der Waals surface area contributed by atoms with Gasteiger partial charge in [0, 0.05) is 20.7 Å². The molecule has 0 saturated heterocycles. The lowest BCUT2D eigenvalue weighted by Crippen LogP contribution is -2.17. The van der Waals surface area contributed by atoms with Crippen molar-refractivity contribution >= 4 is 37.5 Å². The number of hydrogen-bond donors (Lipinski definition) is 1. The number of anilines is 1. The molecule has 0 aliphatic carbocycles. The molecule has 0 aliphatic heterocycles. The minimum Gasteiger partial charge on any atom is -0.382 e.